The lowest BCUT2D eigenvalue weighted by Crippen LogP contribution is -2.06. The Morgan fingerprint density at radius 3 is 2.47 bits per heavy atom. The van der Waals surface area contributed by atoms with Crippen molar-refractivity contribution in [1.29, 1.82) is 0 Å². The van der Waals surface area contributed by atoms with Gasteiger partial charge in [-0.2, -0.15) is 0 Å². The highest BCUT2D eigenvalue weighted by Gasteiger charge is 2.11. The van der Waals surface area contributed by atoms with Crippen LogP contribution in [0.4, 0.5) is 0 Å². The second-order valence-corrected chi connectivity index (χ2v) is 3.11. The first-order valence-electron chi connectivity index (χ1n) is 5.22. The Balaban J connectivity index is 2.94. The molecule has 80 valence electrons. The van der Waals surface area contributed by atoms with Crippen LogP contribution in [0.2, 0.25) is 0 Å². The van der Waals surface area contributed by atoms with Crippen molar-refractivity contribution in [2.24, 2.45) is 0 Å². The van der Waals surface area contributed by atoms with Crippen LogP contribution >= 0.6 is 0 Å². The van der Waals surface area contributed by atoms with Gasteiger partial charge in [0.2, 0.25) is 0 Å². The van der Waals surface area contributed by atoms with Crippen LogP contribution in [0.5, 0.6) is 0 Å². The van der Waals surface area contributed by atoms with E-state index in [9.17, 15) is 4.79 Å². The number of benzene rings is 1. The van der Waals surface area contributed by atoms with Crippen LogP contribution in [0, 0.1) is 0 Å². The summed E-state index contributed by atoms with van der Waals surface area (Å²) in [6.07, 6.45) is 2.72. The number of carbonyl (C=O) groups is 1. The summed E-state index contributed by atoms with van der Waals surface area (Å²) in [5, 5.41) is 0. The van der Waals surface area contributed by atoms with Gasteiger partial charge in [-0.15, -0.1) is 0 Å². The largest absolute Gasteiger partial charge is 0.462 e. The molecule has 1 aromatic rings. The predicted octanol–water partition coefficient (Wildman–Crippen LogP) is 3.04. The molecule has 0 heterocycles. The summed E-state index contributed by atoms with van der Waals surface area (Å²) in [7, 11) is 0. The molecule has 0 fully saturated rings. The van der Waals surface area contributed by atoms with E-state index >= 15 is 0 Å². The number of esters is 1. The van der Waals surface area contributed by atoms with Gasteiger partial charge in [-0.3, -0.25) is 0 Å². The van der Waals surface area contributed by atoms with E-state index in [0.29, 0.717) is 12.2 Å². The van der Waals surface area contributed by atoms with Gasteiger partial charge < -0.3 is 4.74 Å². The van der Waals surface area contributed by atoms with E-state index in [0.717, 1.165) is 12.0 Å². The molecule has 1 rings (SSSR count). The number of ether oxygens (including phenoxy) is 1. The SMILES string of the molecule is CCC=C(C(=O)OCC)c1ccccc1. The van der Waals surface area contributed by atoms with Crippen molar-refractivity contribution in [1.82, 2.24) is 0 Å². The molecule has 0 aliphatic heterocycles. The zero-order chi connectivity index (χ0) is 11.1. The van der Waals surface area contributed by atoms with Gasteiger partial charge in [0, 0.05) is 0 Å². The van der Waals surface area contributed by atoms with Gasteiger partial charge >= 0.3 is 5.97 Å². The van der Waals surface area contributed by atoms with Crippen LogP contribution in [0.15, 0.2) is 36.4 Å². The van der Waals surface area contributed by atoms with Crippen molar-refractivity contribution in [3.05, 3.63) is 42.0 Å². The summed E-state index contributed by atoms with van der Waals surface area (Å²) in [5.74, 6) is -0.245. The van der Waals surface area contributed by atoms with E-state index in [2.05, 4.69) is 0 Å². The minimum Gasteiger partial charge on any atom is -0.462 e. The van der Waals surface area contributed by atoms with Crippen LogP contribution in [0.1, 0.15) is 25.8 Å². The molecule has 0 amide bonds. The van der Waals surface area contributed by atoms with Crippen molar-refractivity contribution >= 4 is 11.5 Å². The van der Waals surface area contributed by atoms with Crippen LogP contribution in [0.3, 0.4) is 0 Å². The molecule has 0 atom stereocenters. The number of carbonyl (C=O) groups excluding carboxylic acids is 1. The van der Waals surface area contributed by atoms with Gasteiger partial charge in [-0.25, -0.2) is 4.79 Å². The number of allylic oxidation sites excluding steroid dienone is 1. The number of rotatable bonds is 4. The molecule has 0 saturated heterocycles. The maximum absolute atomic E-state index is 11.6. The van der Waals surface area contributed by atoms with Gasteiger partial charge in [0.15, 0.2) is 0 Å². The standard InChI is InChI=1S/C13H16O2/c1-3-8-12(13(14)15-4-2)11-9-6-5-7-10-11/h5-10H,3-4H2,1-2H3. The molecule has 0 radical (unpaired) electrons. The highest BCUT2D eigenvalue weighted by molar-refractivity contribution is 6.16. The summed E-state index contributed by atoms with van der Waals surface area (Å²) in [4.78, 5) is 11.6. The number of hydrogen-bond acceptors (Lipinski definition) is 2. The summed E-state index contributed by atoms with van der Waals surface area (Å²) in [6, 6.07) is 9.59. The topological polar surface area (TPSA) is 26.3 Å². The van der Waals surface area contributed by atoms with Crippen molar-refractivity contribution in [2.45, 2.75) is 20.3 Å². The first-order chi connectivity index (χ1) is 7.29. The molecule has 0 aliphatic rings. The lowest BCUT2D eigenvalue weighted by Gasteiger charge is -2.06. The van der Waals surface area contributed by atoms with Crippen molar-refractivity contribution in [3.63, 3.8) is 0 Å². The molecule has 0 N–H and O–H groups in total. The molecule has 0 bridgehead atoms. The van der Waals surface area contributed by atoms with E-state index in [1.165, 1.54) is 0 Å². The summed E-state index contributed by atoms with van der Waals surface area (Å²) < 4.78 is 5.00. The van der Waals surface area contributed by atoms with E-state index in [4.69, 9.17) is 4.74 Å². The van der Waals surface area contributed by atoms with Crippen molar-refractivity contribution in [2.75, 3.05) is 6.61 Å². The normalized spacial score (nSPS) is 11.2. The van der Waals surface area contributed by atoms with Gasteiger partial charge in [-0.1, -0.05) is 43.3 Å². The Bertz CT molecular complexity index is 339. The molecule has 0 aliphatic carbocycles. The van der Waals surface area contributed by atoms with E-state index in [1.54, 1.807) is 0 Å². The molecule has 0 saturated carbocycles. The average Bonchev–Trinajstić information content (AvgIpc) is 2.27. The zero-order valence-electron chi connectivity index (χ0n) is 9.19. The quantitative estimate of drug-likeness (QED) is 0.556. The van der Waals surface area contributed by atoms with Crippen molar-refractivity contribution < 1.29 is 9.53 Å². The smallest absolute Gasteiger partial charge is 0.338 e. The molecular weight excluding hydrogens is 188 g/mol. The van der Waals surface area contributed by atoms with Crippen LogP contribution in [0.25, 0.3) is 5.57 Å². The fourth-order valence-corrected chi connectivity index (χ4v) is 1.35. The van der Waals surface area contributed by atoms with Crippen LogP contribution < -0.4 is 0 Å². The lowest BCUT2D eigenvalue weighted by molar-refractivity contribution is -0.136. The molecule has 0 spiro atoms. The maximum Gasteiger partial charge on any atom is 0.338 e. The Kier molecular flexibility index (Phi) is 4.61. The second-order valence-electron chi connectivity index (χ2n) is 3.11. The van der Waals surface area contributed by atoms with E-state index in [-0.39, 0.29) is 5.97 Å². The average molecular weight is 204 g/mol. The first-order valence-corrected chi connectivity index (χ1v) is 5.22. The molecule has 15 heavy (non-hydrogen) atoms. The Morgan fingerprint density at radius 2 is 1.93 bits per heavy atom. The third-order valence-electron chi connectivity index (χ3n) is 1.99. The number of hydrogen-bond donors (Lipinski definition) is 0. The molecule has 0 unspecified atom stereocenters. The predicted molar refractivity (Wildman–Crippen MR) is 61.3 cm³/mol. The van der Waals surface area contributed by atoms with Gasteiger partial charge in [-0.05, 0) is 18.9 Å². The third kappa shape index (κ3) is 3.24. The highest BCUT2D eigenvalue weighted by atomic mass is 16.5. The minimum absolute atomic E-state index is 0.245. The maximum atomic E-state index is 11.6. The third-order valence-corrected chi connectivity index (χ3v) is 1.99. The Labute approximate surface area is 90.6 Å². The Hall–Kier alpha value is -1.57. The van der Waals surface area contributed by atoms with Crippen molar-refractivity contribution in [3.8, 4) is 0 Å². The van der Waals surface area contributed by atoms with E-state index < -0.39 is 0 Å². The molecule has 1 aromatic carbocycles. The fourth-order valence-electron chi connectivity index (χ4n) is 1.35. The first kappa shape index (κ1) is 11.5. The highest BCUT2D eigenvalue weighted by Crippen LogP contribution is 2.16. The van der Waals surface area contributed by atoms with Crippen LogP contribution in [-0.4, -0.2) is 12.6 Å². The van der Waals surface area contributed by atoms with E-state index in [1.807, 2.05) is 50.3 Å². The fraction of sp³-hybridized carbons (Fsp3) is 0.308. The Morgan fingerprint density at radius 1 is 1.27 bits per heavy atom. The zero-order valence-corrected chi connectivity index (χ0v) is 9.19. The van der Waals surface area contributed by atoms with Gasteiger partial charge in [0.1, 0.15) is 0 Å². The summed E-state index contributed by atoms with van der Waals surface area (Å²) in [6.45, 7) is 4.22. The molecule has 2 heteroatoms. The van der Waals surface area contributed by atoms with Gasteiger partial charge in [0.05, 0.1) is 12.2 Å². The molecule has 2 nitrogen and oxygen atoms in total. The molecular formula is C13H16O2. The second kappa shape index (κ2) is 6.02. The summed E-state index contributed by atoms with van der Waals surface area (Å²) >= 11 is 0. The van der Waals surface area contributed by atoms with Crippen LogP contribution in [-0.2, 0) is 9.53 Å². The monoisotopic (exact) mass is 204 g/mol. The minimum atomic E-state index is -0.245. The molecule has 0 aromatic heterocycles. The lowest BCUT2D eigenvalue weighted by atomic mass is 10.1. The summed E-state index contributed by atoms with van der Waals surface area (Å²) in [5.41, 5.74) is 1.57. The van der Waals surface area contributed by atoms with Gasteiger partial charge in [0.25, 0.3) is 0 Å².